The van der Waals surface area contributed by atoms with Crippen molar-refractivity contribution in [1.29, 1.82) is 0 Å². The molecule has 0 spiro atoms. The number of aryl methyl sites for hydroxylation is 1. The van der Waals surface area contributed by atoms with E-state index in [1.165, 1.54) is 10.8 Å². The maximum Gasteiger partial charge on any atom is 0.351 e. The van der Waals surface area contributed by atoms with Gasteiger partial charge in [0, 0.05) is 11.8 Å². The molecule has 0 bridgehead atoms. The molecular weight excluding hydrogens is 306 g/mol. The van der Waals surface area contributed by atoms with Crippen LogP contribution in [-0.4, -0.2) is 43.4 Å². The molecular formula is C10H14BrN3O4. The van der Waals surface area contributed by atoms with Gasteiger partial charge >= 0.3 is 5.69 Å². The van der Waals surface area contributed by atoms with Crippen molar-refractivity contribution in [3.05, 3.63) is 22.2 Å². The summed E-state index contributed by atoms with van der Waals surface area (Å²) in [4.78, 5) is 14.9. The molecule has 4 atom stereocenters. The third-order valence-electron chi connectivity index (χ3n) is 2.92. The number of aliphatic hydroxyl groups excluding tert-OH is 2. The van der Waals surface area contributed by atoms with E-state index in [1.807, 2.05) is 0 Å². The Hall–Kier alpha value is -0.960. The van der Waals surface area contributed by atoms with Crippen LogP contribution in [0.4, 0.5) is 5.82 Å². The molecule has 0 radical (unpaired) electrons. The van der Waals surface area contributed by atoms with Crippen molar-refractivity contribution in [2.24, 2.45) is 0 Å². The van der Waals surface area contributed by atoms with Gasteiger partial charge in [0.1, 0.15) is 11.9 Å². The molecule has 0 saturated carbocycles. The number of hydrogen-bond acceptors (Lipinski definition) is 6. The number of rotatable bonds is 2. The van der Waals surface area contributed by atoms with E-state index >= 15 is 0 Å². The molecule has 0 aliphatic carbocycles. The number of halogens is 1. The summed E-state index contributed by atoms with van der Waals surface area (Å²) in [5, 5.41) is 18.9. The number of nitrogens with two attached hydrogens (primary N) is 1. The van der Waals surface area contributed by atoms with E-state index in [0.717, 1.165) is 0 Å². The first-order valence-electron chi connectivity index (χ1n) is 5.39. The number of nitrogen functional groups attached to an aromatic ring is 1. The first-order valence-corrected chi connectivity index (χ1v) is 6.31. The molecule has 0 unspecified atom stereocenters. The Kier molecular flexibility index (Phi) is 3.71. The molecule has 0 aromatic carbocycles. The van der Waals surface area contributed by atoms with Gasteiger partial charge in [0.2, 0.25) is 0 Å². The monoisotopic (exact) mass is 319 g/mol. The molecule has 1 aromatic rings. The Balaban J connectivity index is 2.39. The van der Waals surface area contributed by atoms with Crippen LogP contribution in [0.2, 0.25) is 0 Å². The second kappa shape index (κ2) is 4.96. The molecule has 8 heteroatoms. The van der Waals surface area contributed by atoms with Crippen LogP contribution >= 0.6 is 15.9 Å². The average Bonchev–Trinajstić information content (AvgIpc) is 2.61. The number of aliphatic hydroxyl groups is 2. The van der Waals surface area contributed by atoms with Gasteiger partial charge < -0.3 is 20.7 Å². The van der Waals surface area contributed by atoms with Crippen LogP contribution in [0.5, 0.6) is 0 Å². The Labute approximate surface area is 111 Å². The lowest BCUT2D eigenvalue weighted by atomic mass is 10.2. The van der Waals surface area contributed by atoms with Gasteiger partial charge in [-0.05, 0) is 6.92 Å². The van der Waals surface area contributed by atoms with E-state index in [-0.39, 0.29) is 12.4 Å². The van der Waals surface area contributed by atoms with Crippen molar-refractivity contribution in [3.63, 3.8) is 0 Å². The molecule has 2 rings (SSSR count). The summed E-state index contributed by atoms with van der Waals surface area (Å²) in [6.45, 7) is 1.40. The summed E-state index contributed by atoms with van der Waals surface area (Å²) in [6, 6.07) is 0. The van der Waals surface area contributed by atoms with Crippen LogP contribution in [0.15, 0.2) is 11.0 Å². The maximum atomic E-state index is 11.8. The molecule has 1 fully saturated rings. The number of ether oxygens (including phenoxy) is 1. The summed E-state index contributed by atoms with van der Waals surface area (Å²) in [5.74, 6) is 0.166. The van der Waals surface area contributed by atoms with Gasteiger partial charge in [-0.25, -0.2) is 4.79 Å². The van der Waals surface area contributed by atoms with Gasteiger partial charge in [-0.15, -0.1) is 0 Å². The highest BCUT2D eigenvalue weighted by molar-refractivity contribution is 9.09. The smallest absolute Gasteiger partial charge is 0.351 e. The average molecular weight is 320 g/mol. The Morgan fingerprint density at radius 2 is 2.33 bits per heavy atom. The summed E-state index contributed by atoms with van der Waals surface area (Å²) >= 11 is 3.26. The van der Waals surface area contributed by atoms with Gasteiger partial charge in [0.25, 0.3) is 0 Å². The topological polar surface area (TPSA) is 111 Å². The minimum Gasteiger partial charge on any atom is -0.394 e. The van der Waals surface area contributed by atoms with Crippen LogP contribution < -0.4 is 11.4 Å². The first-order chi connectivity index (χ1) is 8.45. The second-order valence-electron chi connectivity index (χ2n) is 4.18. The predicted octanol–water partition coefficient (Wildman–Crippen LogP) is -0.852. The SMILES string of the molecule is Cc1cn([C@@H]2O[C@H](CO)[C@@H](O)[C@@H]2Br)c(=O)nc1N. The van der Waals surface area contributed by atoms with Crippen LogP contribution in [0.1, 0.15) is 11.8 Å². The van der Waals surface area contributed by atoms with Gasteiger partial charge in [0.05, 0.1) is 17.5 Å². The standard InChI is InChI=1S/C10H14BrN3O4/c1-4-2-14(10(17)13-8(4)12)9-6(11)7(16)5(3-15)18-9/h2,5-7,9,15-16H,3H2,1H3,(H2,12,13,17)/t5-,6+,7-,9-/m1/s1. The third-order valence-corrected chi connectivity index (χ3v) is 3.92. The van der Waals surface area contributed by atoms with Crippen molar-refractivity contribution in [3.8, 4) is 0 Å². The summed E-state index contributed by atoms with van der Waals surface area (Å²) < 4.78 is 6.69. The highest BCUT2D eigenvalue weighted by atomic mass is 79.9. The fourth-order valence-electron chi connectivity index (χ4n) is 1.84. The predicted molar refractivity (Wildman–Crippen MR) is 67.4 cm³/mol. The molecule has 0 amide bonds. The van der Waals surface area contributed by atoms with Gasteiger partial charge in [-0.3, -0.25) is 4.57 Å². The van der Waals surface area contributed by atoms with E-state index in [0.29, 0.717) is 5.56 Å². The lowest BCUT2D eigenvalue weighted by Crippen LogP contribution is -2.33. The number of aromatic nitrogens is 2. The van der Waals surface area contributed by atoms with E-state index in [2.05, 4.69) is 20.9 Å². The van der Waals surface area contributed by atoms with Crippen LogP contribution in [0.3, 0.4) is 0 Å². The van der Waals surface area contributed by atoms with E-state index in [4.69, 9.17) is 15.6 Å². The highest BCUT2D eigenvalue weighted by Crippen LogP contribution is 2.33. The highest BCUT2D eigenvalue weighted by Gasteiger charge is 2.43. The molecule has 1 aromatic heterocycles. The molecule has 1 aliphatic heterocycles. The van der Waals surface area contributed by atoms with Crippen molar-refractivity contribution in [1.82, 2.24) is 9.55 Å². The zero-order valence-electron chi connectivity index (χ0n) is 9.65. The first kappa shape index (κ1) is 13.5. The molecule has 7 nitrogen and oxygen atoms in total. The van der Waals surface area contributed by atoms with Crippen molar-refractivity contribution in [2.75, 3.05) is 12.3 Å². The number of hydrogen-bond donors (Lipinski definition) is 3. The molecule has 1 aliphatic rings. The van der Waals surface area contributed by atoms with Crippen molar-refractivity contribution >= 4 is 21.7 Å². The quantitative estimate of drug-likeness (QED) is 0.612. The lowest BCUT2D eigenvalue weighted by molar-refractivity contribution is -0.0456. The molecule has 100 valence electrons. The van der Waals surface area contributed by atoms with Crippen LogP contribution in [0.25, 0.3) is 0 Å². The zero-order chi connectivity index (χ0) is 13.4. The van der Waals surface area contributed by atoms with Crippen molar-refractivity contribution < 1.29 is 14.9 Å². The minimum absolute atomic E-state index is 0.166. The number of alkyl halides is 1. The van der Waals surface area contributed by atoms with Crippen molar-refractivity contribution in [2.45, 2.75) is 30.2 Å². The summed E-state index contributed by atoms with van der Waals surface area (Å²) in [6.07, 6.45) is -0.832. The minimum atomic E-state index is -0.898. The molecule has 18 heavy (non-hydrogen) atoms. The fourth-order valence-corrected chi connectivity index (χ4v) is 2.56. The number of nitrogens with zero attached hydrogens (tertiary/aromatic N) is 2. The zero-order valence-corrected chi connectivity index (χ0v) is 11.2. The normalized spacial score (nSPS) is 31.8. The molecule has 2 heterocycles. The van der Waals surface area contributed by atoms with Gasteiger partial charge in [-0.1, -0.05) is 15.9 Å². The molecule has 1 saturated heterocycles. The van der Waals surface area contributed by atoms with Gasteiger partial charge in [-0.2, -0.15) is 4.98 Å². The van der Waals surface area contributed by atoms with E-state index in [1.54, 1.807) is 6.92 Å². The molecule has 4 N–H and O–H groups in total. The Morgan fingerprint density at radius 3 is 2.89 bits per heavy atom. The summed E-state index contributed by atoms with van der Waals surface area (Å²) in [5.41, 5.74) is 5.62. The maximum absolute atomic E-state index is 11.8. The van der Waals surface area contributed by atoms with Crippen LogP contribution in [0, 0.1) is 6.92 Å². The third kappa shape index (κ3) is 2.16. The lowest BCUT2D eigenvalue weighted by Gasteiger charge is -2.17. The fraction of sp³-hybridized carbons (Fsp3) is 0.600. The van der Waals surface area contributed by atoms with Crippen LogP contribution in [-0.2, 0) is 4.74 Å². The van der Waals surface area contributed by atoms with E-state index < -0.39 is 29.0 Å². The van der Waals surface area contributed by atoms with Gasteiger partial charge in [0.15, 0.2) is 6.23 Å². The Bertz CT molecular complexity index is 506. The van der Waals surface area contributed by atoms with E-state index in [9.17, 15) is 9.90 Å². The second-order valence-corrected chi connectivity index (χ2v) is 5.24. The number of anilines is 1. The largest absolute Gasteiger partial charge is 0.394 e. The Morgan fingerprint density at radius 1 is 1.67 bits per heavy atom. The summed E-state index contributed by atoms with van der Waals surface area (Å²) in [7, 11) is 0.